The predicted octanol–water partition coefficient (Wildman–Crippen LogP) is -0.336. The number of rotatable bonds is 2. The van der Waals surface area contributed by atoms with Crippen molar-refractivity contribution in [3.05, 3.63) is 24.5 Å². The molecule has 1 aromatic heterocycles. The van der Waals surface area contributed by atoms with Gasteiger partial charge < -0.3 is 4.18 Å². The molecule has 60 valence electrons. The van der Waals surface area contributed by atoms with Crippen LogP contribution in [0.3, 0.4) is 0 Å². The van der Waals surface area contributed by atoms with Crippen LogP contribution in [0.1, 0.15) is 0 Å². The lowest BCUT2D eigenvalue weighted by Crippen LogP contribution is -2.18. The lowest BCUT2D eigenvalue weighted by molar-refractivity contribution is 0.486. The summed E-state index contributed by atoms with van der Waals surface area (Å²) in [5.41, 5.74) is 0. The largest absolute Gasteiger partial charge is 0.380 e. The van der Waals surface area contributed by atoms with Crippen molar-refractivity contribution in [1.82, 2.24) is 4.98 Å². The second kappa shape index (κ2) is 2.85. The van der Waals surface area contributed by atoms with Gasteiger partial charge in [0.25, 0.3) is 0 Å². The molecular weight excluding hydrogens is 168 g/mol. The molecule has 1 heterocycles. The minimum Gasteiger partial charge on any atom is -0.369 e. The van der Waals surface area contributed by atoms with Gasteiger partial charge in [0.1, 0.15) is 0 Å². The van der Waals surface area contributed by atoms with E-state index in [-0.39, 0.29) is 5.75 Å². The van der Waals surface area contributed by atoms with Crippen LogP contribution >= 0.6 is 0 Å². The van der Waals surface area contributed by atoms with E-state index in [2.05, 4.69) is 14.3 Å². The molecule has 11 heavy (non-hydrogen) atoms. The summed E-state index contributed by atoms with van der Waals surface area (Å²) in [6.07, 6.45) is 2.75. The summed E-state index contributed by atoms with van der Waals surface area (Å²) in [5, 5.41) is 4.59. The monoisotopic (exact) mass is 174 g/mol. The van der Waals surface area contributed by atoms with Crippen LogP contribution in [0.4, 0.5) is 0 Å². The molecule has 0 aliphatic carbocycles. The second-order valence-corrected chi connectivity index (χ2v) is 2.92. The van der Waals surface area contributed by atoms with Gasteiger partial charge in [-0.25, -0.2) is 0 Å². The molecule has 1 rings (SSSR count). The number of hydrogen-bond acceptors (Lipinski definition) is 4. The highest BCUT2D eigenvalue weighted by Crippen LogP contribution is 2.06. The first kappa shape index (κ1) is 7.96. The molecule has 2 N–H and O–H groups in total. The fourth-order valence-electron chi connectivity index (χ4n) is 0.531. The lowest BCUT2D eigenvalue weighted by atomic mass is 10.5. The van der Waals surface area contributed by atoms with Crippen molar-refractivity contribution in [2.45, 2.75) is 0 Å². The zero-order valence-electron chi connectivity index (χ0n) is 5.47. The SMILES string of the molecule is NS(=O)(=O)Oc1cccnc1. The highest BCUT2D eigenvalue weighted by molar-refractivity contribution is 7.84. The summed E-state index contributed by atoms with van der Waals surface area (Å²) in [5.74, 6) is 0.106. The molecular formula is C5H6N2O3S. The van der Waals surface area contributed by atoms with Crippen LogP contribution in [0, 0.1) is 0 Å². The van der Waals surface area contributed by atoms with Gasteiger partial charge >= 0.3 is 10.3 Å². The molecule has 0 saturated heterocycles. The Labute approximate surface area is 64.1 Å². The molecule has 6 heteroatoms. The number of nitrogens with zero attached hydrogens (tertiary/aromatic N) is 1. The normalized spacial score (nSPS) is 11.0. The van der Waals surface area contributed by atoms with Crippen LogP contribution < -0.4 is 9.32 Å². The van der Waals surface area contributed by atoms with Gasteiger partial charge in [-0.2, -0.15) is 13.6 Å². The Kier molecular flexibility index (Phi) is 2.06. The quantitative estimate of drug-likeness (QED) is 0.665. The van der Waals surface area contributed by atoms with Gasteiger partial charge in [0.2, 0.25) is 0 Å². The first-order valence-corrected chi connectivity index (χ1v) is 4.17. The maximum absolute atomic E-state index is 10.3. The minimum atomic E-state index is -3.92. The smallest absolute Gasteiger partial charge is 0.369 e. The lowest BCUT2D eigenvalue weighted by Gasteiger charge is -1.98. The molecule has 1 aromatic rings. The molecule has 0 spiro atoms. The minimum absolute atomic E-state index is 0.106. The highest BCUT2D eigenvalue weighted by atomic mass is 32.2. The van der Waals surface area contributed by atoms with E-state index < -0.39 is 10.3 Å². The Balaban J connectivity index is 2.82. The maximum atomic E-state index is 10.3. The van der Waals surface area contributed by atoms with E-state index in [4.69, 9.17) is 0 Å². The topological polar surface area (TPSA) is 82.3 Å². The van der Waals surface area contributed by atoms with Gasteiger partial charge in [0.15, 0.2) is 5.75 Å². The molecule has 5 nitrogen and oxygen atoms in total. The van der Waals surface area contributed by atoms with E-state index in [0.29, 0.717) is 0 Å². The summed E-state index contributed by atoms with van der Waals surface area (Å²) in [7, 11) is -3.92. The third-order valence-electron chi connectivity index (χ3n) is 0.847. The average molecular weight is 174 g/mol. The Hall–Kier alpha value is -1.14. The van der Waals surface area contributed by atoms with Gasteiger partial charge in [-0.05, 0) is 12.1 Å². The van der Waals surface area contributed by atoms with Crippen LogP contribution in [-0.4, -0.2) is 13.4 Å². The van der Waals surface area contributed by atoms with Crippen molar-refractivity contribution in [2.75, 3.05) is 0 Å². The highest BCUT2D eigenvalue weighted by Gasteiger charge is 2.02. The van der Waals surface area contributed by atoms with Crippen molar-refractivity contribution in [3.8, 4) is 5.75 Å². The maximum Gasteiger partial charge on any atom is 0.380 e. The van der Waals surface area contributed by atoms with E-state index >= 15 is 0 Å². The summed E-state index contributed by atoms with van der Waals surface area (Å²) in [6, 6.07) is 2.98. The summed E-state index contributed by atoms with van der Waals surface area (Å²) in [4.78, 5) is 3.62. The first-order chi connectivity index (χ1) is 5.08. The second-order valence-electron chi connectivity index (χ2n) is 1.76. The summed E-state index contributed by atoms with van der Waals surface area (Å²) >= 11 is 0. The van der Waals surface area contributed by atoms with Crippen LogP contribution in [0.2, 0.25) is 0 Å². The van der Waals surface area contributed by atoms with Crippen LogP contribution in [0.5, 0.6) is 5.75 Å². The van der Waals surface area contributed by atoms with Gasteiger partial charge in [-0.15, -0.1) is 0 Å². The predicted molar refractivity (Wildman–Crippen MR) is 38.0 cm³/mol. The van der Waals surface area contributed by atoms with E-state index in [0.717, 1.165) is 0 Å². The van der Waals surface area contributed by atoms with Crippen molar-refractivity contribution < 1.29 is 12.6 Å². The van der Waals surface area contributed by atoms with Gasteiger partial charge in [-0.1, -0.05) is 0 Å². The fourth-order valence-corrected chi connectivity index (χ4v) is 0.897. The van der Waals surface area contributed by atoms with Crippen LogP contribution in [0.25, 0.3) is 0 Å². The molecule has 0 saturated carbocycles. The Morgan fingerprint density at radius 3 is 2.73 bits per heavy atom. The van der Waals surface area contributed by atoms with Gasteiger partial charge in [0.05, 0.1) is 6.20 Å². The van der Waals surface area contributed by atoms with E-state index in [9.17, 15) is 8.42 Å². The van der Waals surface area contributed by atoms with E-state index in [1.54, 1.807) is 6.07 Å². The van der Waals surface area contributed by atoms with Crippen molar-refractivity contribution in [3.63, 3.8) is 0 Å². The standard InChI is InChI=1S/C5H6N2O3S/c6-11(8,9)10-5-2-1-3-7-4-5/h1-4H,(H2,6,8,9). The molecule has 0 atom stereocenters. The first-order valence-electron chi connectivity index (χ1n) is 2.70. The number of pyridine rings is 1. The number of hydrogen-bond donors (Lipinski definition) is 1. The van der Waals surface area contributed by atoms with Crippen molar-refractivity contribution >= 4 is 10.3 Å². The van der Waals surface area contributed by atoms with E-state index in [1.165, 1.54) is 18.5 Å². The molecule has 0 unspecified atom stereocenters. The van der Waals surface area contributed by atoms with Crippen LogP contribution in [-0.2, 0) is 10.3 Å². The molecule has 0 aliphatic rings. The zero-order chi connectivity index (χ0) is 8.32. The summed E-state index contributed by atoms with van der Waals surface area (Å²) < 4.78 is 24.9. The number of aromatic nitrogens is 1. The zero-order valence-corrected chi connectivity index (χ0v) is 6.28. The average Bonchev–Trinajstić information content (AvgIpc) is 1.85. The number of nitrogens with two attached hydrogens (primary N) is 1. The molecule has 0 aliphatic heterocycles. The van der Waals surface area contributed by atoms with Crippen LogP contribution in [0.15, 0.2) is 24.5 Å². The Bertz CT molecular complexity index is 321. The van der Waals surface area contributed by atoms with Gasteiger partial charge in [0, 0.05) is 6.20 Å². The molecule has 0 bridgehead atoms. The third kappa shape index (κ3) is 2.96. The molecule has 0 fully saturated rings. The van der Waals surface area contributed by atoms with Crippen molar-refractivity contribution in [2.24, 2.45) is 5.14 Å². The third-order valence-corrected chi connectivity index (χ3v) is 1.27. The molecule has 0 radical (unpaired) electrons. The fraction of sp³-hybridized carbons (Fsp3) is 0. The Morgan fingerprint density at radius 2 is 2.27 bits per heavy atom. The van der Waals surface area contributed by atoms with Crippen molar-refractivity contribution in [1.29, 1.82) is 0 Å². The Morgan fingerprint density at radius 1 is 1.55 bits per heavy atom. The molecule has 0 amide bonds. The van der Waals surface area contributed by atoms with Gasteiger partial charge in [-0.3, -0.25) is 4.98 Å². The molecule has 0 aromatic carbocycles. The van der Waals surface area contributed by atoms with E-state index in [1.807, 2.05) is 0 Å². The summed E-state index contributed by atoms with van der Waals surface area (Å²) in [6.45, 7) is 0.